The predicted octanol–water partition coefficient (Wildman–Crippen LogP) is 3.57. The third kappa shape index (κ3) is 1.69. The molecule has 1 heterocycles. The quantitative estimate of drug-likeness (QED) is 0.904. The Morgan fingerprint density at radius 3 is 2.40 bits per heavy atom. The van der Waals surface area contributed by atoms with E-state index in [-0.39, 0.29) is 0 Å². The first kappa shape index (κ1) is 12.0. The SMILES string of the molecule is Cn1nc(C2C3CCCCC32)c(-c2ccccc2)c1N. The fraction of sp³-hybridized carbons (Fsp3) is 0.471. The molecule has 0 saturated heterocycles. The van der Waals surface area contributed by atoms with Gasteiger partial charge in [0.15, 0.2) is 0 Å². The molecule has 0 bridgehead atoms. The monoisotopic (exact) mass is 267 g/mol. The van der Waals surface area contributed by atoms with Crippen LogP contribution in [0.5, 0.6) is 0 Å². The van der Waals surface area contributed by atoms with E-state index < -0.39 is 0 Å². The van der Waals surface area contributed by atoms with Crippen LogP contribution < -0.4 is 5.73 Å². The highest BCUT2D eigenvalue weighted by Crippen LogP contribution is 2.62. The molecule has 0 radical (unpaired) electrons. The maximum absolute atomic E-state index is 6.29. The van der Waals surface area contributed by atoms with Crippen LogP contribution in [0.25, 0.3) is 11.1 Å². The summed E-state index contributed by atoms with van der Waals surface area (Å²) in [4.78, 5) is 0. The first-order valence-electron chi connectivity index (χ1n) is 7.65. The molecule has 2 N–H and O–H groups in total. The lowest BCUT2D eigenvalue weighted by atomic mass is 10.0. The second kappa shape index (κ2) is 4.37. The van der Waals surface area contributed by atoms with Gasteiger partial charge in [-0.2, -0.15) is 5.10 Å². The molecule has 2 unspecified atom stereocenters. The minimum Gasteiger partial charge on any atom is -0.383 e. The highest BCUT2D eigenvalue weighted by molar-refractivity contribution is 5.77. The second-order valence-electron chi connectivity index (χ2n) is 6.27. The van der Waals surface area contributed by atoms with E-state index >= 15 is 0 Å². The third-order valence-electron chi connectivity index (χ3n) is 5.15. The van der Waals surface area contributed by atoms with Gasteiger partial charge in [-0.1, -0.05) is 43.2 Å². The Labute approximate surface area is 119 Å². The number of hydrogen-bond acceptors (Lipinski definition) is 2. The normalized spacial score (nSPS) is 28.1. The van der Waals surface area contributed by atoms with E-state index in [0.717, 1.165) is 17.7 Å². The lowest BCUT2D eigenvalue weighted by Crippen LogP contribution is -1.97. The van der Waals surface area contributed by atoms with Gasteiger partial charge in [-0.15, -0.1) is 0 Å². The van der Waals surface area contributed by atoms with Crippen molar-refractivity contribution in [2.24, 2.45) is 18.9 Å². The average Bonchev–Trinajstić information content (AvgIpc) is 3.14. The van der Waals surface area contributed by atoms with Gasteiger partial charge in [0, 0.05) is 18.5 Å². The topological polar surface area (TPSA) is 43.8 Å². The Morgan fingerprint density at radius 1 is 1.10 bits per heavy atom. The number of hydrogen-bond donors (Lipinski definition) is 1. The number of nitrogen functional groups attached to an aromatic ring is 1. The van der Waals surface area contributed by atoms with Crippen molar-refractivity contribution in [3.63, 3.8) is 0 Å². The third-order valence-corrected chi connectivity index (χ3v) is 5.15. The lowest BCUT2D eigenvalue weighted by Gasteiger charge is -2.04. The van der Waals surface area contributed by atoms with Crippen molar-refractivity contribution in [3.05, 3.63) is 36.0 Å². The molecule has 2 atom stereocenters. The van der Waals surface area contributed by atoms with Crippen molar-refractivity contribution in [1.29, 1.82) is 0 Å². The fourth-order valence-electron chi connectivity index (χ4n) is 4.09. The molecule has 2 aromatic rings. The van der Waals surface area contributed by atoms with Crippen LogP contribution in [0.3, 0.4) is 0 Å². The molecule has 2 aliphatic rings. The van der Waals surface area contributed by atoms with E-state index in [2.05, 4.69) is 24.3 Å². The average molecular weight is 267 g/mol. The maximum atomic E-state index is 6.29. The number of benzene rings is 1. The number of nitrogens with zero attached hydrogens (tertiary/aromatic N) is 2. The van der Waals surface area contributed by atoms with Crippen LogP contribution in [0.4, 0.5) is 5.82 Å². The molecule has 1 aromatic carbocycles. The molecule has 2 saturated carbocycles. The van der Waals surface area contributed by atoms with Crippen LogP contribution in [0.1, 0.15) is 37.3 Å². The Hall–Kier alpha value is -1.77. The number of fused-ring (bicyclic) bond motifs is 1. The van der Waals surface area contributed by atoms with Gasteiger partial charge in [0.25, 0.3) is 0 Å². The molecule has 0 aliphatic heterocycles. The summed E-state index contributed by atoms with van der Waals surface area (Å²) in [5.74, 6) is 3.17. The van der Waals surface area contributed by atoms with Gasteiger partial charge in [0.2, 0.25) is 0 Å². The summed E-state index contributed by atoms with van der Waals surface area (Å²) >= 11 is 0. The van der Waals surface area contributed by atoms with E-state index in [4.69, 9.17) is 10.8 Å². The molecule has 0 amide bonds. The standard InChI is InChI=1S/C17H21N3/c1-20-17(18)14(11-7-3-2-4-8-11)16(19-20)15-12-9-5-6-10-13(12)15/h2-4,7-8,12-13,15H,5-6,9-10,18H2,1H3. The Balaban J connectivity index is 1.79. The summed E-state index contributed by atoms with van der Waals surface area (Å²) in [5, 5.41) is 4.76. The summed E-state index contributed by atoms with van der Waals surface area (Å²) in [5.41, 5.74) is 9.91. The zero-order valence-electron chi connectivity index (χ0n) is 11.9. The number of anilines is 1. The Morgan fingerprint density at radius 2 is 1.75 bits per heavy atom. The fourth-order valence-corrected chi connectivity index (χ4v) is 4.09. The Kier molecular flexibility index (Phi) is 2.62. The minimum atomic E-state index is 0.649. The van der Waals surface area contributed by atoms with Gasteiger partial charge >= 0.3 is 0 Å². The summed E-state index contributed by atoms with van der Waals surface area (Å²) < 4.78 is 1.85. The lowest BCUT2D eigenvalue weighted by molar-refractivity contribution is 0.480. The van der Waals surface area contributed by atoms with Crippen molar-refractivity contribution in [3.8, 4) is 11.1 Å². The van der Waals surface area contributed by atoms with Crippen LogP contribution in [-0.4, -0.2) is 9.78 Å². The summed E-state index contributed by atoms with van der Waals surface area (Å²) in [6.45, 7) is 0. The van der Waals surface area contributed by atoms with E-state index in [0.29, 0.717) is 5.92 Å². The van der Waals surface area contributed by atoms with Crippen molar-refractivity contribution in [2.45, 2.75) is 31.6 Å². The molecule has 20 heavy (non-hydrogen) atoms. The zero-order chi connectivity index (χ0) is 13.7. The molecule has 4 rings (SSSR count). The number of nitrogens with two attached hydrogens (primary N) is 1. The van der Waals surface area contributed by atoms with Crippen molar-refractivity contribution >= 4 is 5.82 Å². The molecular weight excluding hydrogens is 246 g/mol. The molecule has 1 aromatic heterocycles. The number of aryl methyl sites for hydroxylation is 1. The van der Waals surface area contributed by atoms with Crippen molar-refractivity contribution < 1.29 is 0 Å². The predicted molar refractivity (Wildman–Crippen MR) is 81.2 cm³/mol. The van der Waals surface area contributed by atoms with E-state index in [1.165, 1.54) is 42.5 Å². The summed E-state index contributed by atoms with van der Waals surface area (Å²) in [6, 6.07) is 10.5. The smallest absolute Gasteiger partial charge is 0.129 e. The molecule has 104 valence electrons. The zero-order valence-corrected chi connectivity index (χ0v) is 11.9. The molecule has 3 heteroatoms. The van der Waals surface area contributed by atoms with Crippen LogP contribution >= 0.6 is 0 Å². The molecular formula is C17H21N3. The van der Waals surface area contributed by atoms with E-state index in [1.54, 1.807) is 0 Å². The first-order chi connectivity index (χ1) is 9.77. The highest BCUT2D eigenvalue weighted by Gasteiger charge is 2.53. The first-order valence-corrected chi connectivity index (χ1v) is 7.65. The van der Waals surface area contributed by atoms with Crippen LogP contribution in [-0.2, 0) is 7.05 Å². The second-order valence-corrected chi connectivity index (χ2v) is 6.27. The van der Waals surface area contributed by atoms with Gasteiger partial charge in [-0.05, 0) is 30.2 Å². The van der Waals surface area contributed by atoms with Crippen LogP contribution in [0.15, 0.2) is 30.3 Å². The van der Waals surface area contributed by atoms with Crippen LogP contribution in [0.2, 0.25) is 0 Å². The maximum Gasteiger partial charge on any atom is 0.129 e. The summed E-state index contributed by atoms with van der Waals surface area (Å²) in [7, 11) is 1.96. The number of aromatic nitrogens is 2. The van der Waals surface area contributed by atoms with E-state index in [9.17, 15) is 0 Å². The van der Waals surface area contributed by atoms with Gasteiger partial charge < -0.3 is 5.73 Å². The number of rotatable bonds is 2. The van der Waals surface area contributed by atoms with Gasteiger partial charge in [0.05, 0.1) is 5.69 Å². The van der Waals surface area contributed by atoms with E-state index in [1.807, 2.05) is 17.8 Å². The summed E-state index contributed by atoms with van der Waals surface area (Å²) in [6.07, 6.45) is 5.53. The van der Waals surface area contributed by atoms with Crippen LogP contribution in [0, 0.1) is 11.8 Å². The Bertz CT molecular complexity index is 617. The highest BCUT2D eigenvalue weighted by atomic mass is 15.3. The minimum absolute atomic E-state index is 0.649. The van der Waals surface area contributed by atoms with Crippen molar-refractivity contribution in [1.82, 2.24) is 9.78 Å². The van der Waals surface area contributed by atoms with Gasteiger partial charge in [-0.25, -0.2) is 0 Å². The largest absolute Gasteiger partial charge is 0.383 e. The molecule has 2 aliphatic carbocycles. The molecule has 3 nitrogen and oxygen atoms in total. The van der Waals surface area contributed by atoms with Gasteiger partial charge in [0.1, 0.15) is 5.82 Å². The molecule has 2 fully saturated rings. The van der Waals surface area contributed by atoms with Gasteiger partial charge in [-0.3, -0.25) is 4.68 Å². The van der Waals surface area contributed by atoms with Crippen molar-refractivity contribution in [2.75, 3.05) is 5.73 Å². The molecule has 0 spiro atoms.